The van der Waals surface area contributed by atoms with Crippen LogP contribution < -0.4 is 10.9 Å². The number of carbonyl (C=O) groups excluding carboxylic acids is 1. The van der Waals surface area contributed by atoms with Crippen LogP contribution in [0.15, 0.2) is 39.9 Å². The second-order valence-corrected chi connectivity index (χ2v) is 4.35. The lowest BCUT2D eigenvalue weighted by Crippen LogP contribution is -2.36. The molecule has 0 aliphatic rings. The largest absolute Gasteiger partial charge is 0.389 e. The van der Waals surface area contributed by atoms with E-state index in [2.05, 4.69) is 10.5 Å². The summed E-state index contributed by atoms with van der Waals surface area (Å²) in [5.41, 5.74) is 0.127. The highest BCUT2D eigenvalue weighted by Gasteiger charge is 2.14. The highest BCUT2D eigenvalue weighted by atomic mass is 16.5. The number of aromatic nitrogens is 2. The van der Waals surface area contributed by atoms with Crippen LogP contribution in [0.5, 0.6) is 0 Å². The van der Waals surface area contributed by atoms with Crippen molar-refractivity contribution in [1.82, 2.24) is 15.0 Å². The summed E-state index contributed by atoms with van der Waals surface area (Å²) < 4.78 is 6.16. The monoisotopic (exact) mass is 277 g/mol. The zero-order valence-corrected chi connectivity index (χ0v) is 10.9. The van der Waals surface area contributed by atoms with Crippen LogP contribution in [0, 0.1) is 6.92 Å². The predicted octanol–water partition coefficient (Wildman–Crippen LogP) is -0.0644. The topological polar surface area (TPSA) is 97.4 Å². The van der Waals surface area contributed by atoms with Crippen molar-refractivity contribution in [3.8, 4) is 0 Å². The lowest BCUT2D eigenvalue weighted by atomic mass is 10.2. The second-order valence-electron chi connectivity index (χ2n) is 4.35. The summed E-state index contributed by atoms with van der Waals surface area (Å²) in [4.78, 5) is 23.2. The van der Waals surface area contributed by atoms with Gasteiger partial charge in [-0.15, -0.1) is 0 Å². The van der Waals surface area contributed by atoms with E-state index in [9.17, 15) is 14.7 Å². The zero-order chi connectivity index (χ0) is 14.5. The van der Waals surface area contributed by atoms with Crippen LogP contribution >= 0.6 is 0 Å². The van der Waals surface area contributed by atoms with E-state index in [1.807, 2.05) is 0 Å². The number of hydrogen-bond donors (Lipinski definition) is 2. The highest BCUT2D eigenvalue weighted by molar-refractivity contribution is 5.94. The maximum atomic E-state index is 11.8. The highest BCUT2D eigenvalue weighted by Crippen LogP contribution is 2.05. The Hall–Kier alpha value is -2.41. The standard InChI is InChI=1S/C13H15N3O4/c1-9-11(7-15-20-9)13(19)14-6-10(17)8-16-5-3-2-4-12(16)18/h2-5,7,10,17H,6,8H2,1H3,(H,14,19). The van der Waals surface area contributed by atoms with Crippen molar-refractivity contribution >= 4 is 5.91 Å². The first-order chi connectivity index (χ1) is 9.58. The number of amides is 1. The summed E-state index contributed by atoms with van der Waals surface area (Å²) >= 11 is 0. The summed E-state index contributed by atoms with van der Waals surface area (Å²) in [6, 6.07) is 4.74. The number of nitrogens with zero attached hydrogens (tertiary/aromatic N) is 2. The molecule has 0 saturated carbocycles. The third kappa shape index (κ3) is 3.33. The van der Waals surface area contributed by atoms with Crippen LogP contribution in [0.25, 0.3) is 0 Å². The fourth-order valence-electron chi connectivity index (χ4n) is 1.73. The number of aryl methyl sites for hydroxylation is 1. The summed E-state index contributed by atoms with van der Waals surface area (Å²) in [5.74, 6) is 0.0412. The molecule has 1 unspecified atom stereocenters. The molecule has 7 heteroatoms. The number of pyridine rings is 1. The fourth-order valence-corrected chi connectivity index (χ4v) is 1.73. The minimum absolute atomic E-state index is 0.0325. The molecular weight excluding hydrogens is 262 g/mol. The molecule has 20 heavy (non-hydrogen) atoms. The van der Waals surface area contributed by atoms with Crippen LogP contribution in [0.4, 0.5) is 0 Å². The van der Waals surface area contributed by atoms with Crippen LogP contribution in [0.3, 0.4) is 0 Å². The molecule has 0 aliphatic heterocycles. The molecule has 106 valence electrons. The Labute approximate surface area is 114 Å². The first-order valence-electron chi connectivity index (χ1n) is 6.11. The summed E-state index contributed by atoms with van der Waals surface area (Å²) in [5, 5.41) is 15.9. The summed E-state index contributed by atoms with van der Waals surface area (Å²) in [6.07, 6.45) is 2.04. The average Bonchev–Trinajstić information content (AvgIpc) is 2.85. The van der Waals surface area contributed by atoms with Gasteiger partial charge in [0.2, 0.25) is 0 Å². The normalized spacial score (nSPS) is 12.1. The zero-order valence-electron chi connectivity index (χ0n) is 10.9. The first kappa shape index (κ1) is 14.0. The fraction of sp³-hybridized carbons (Fsp3) is 0.308. The summed E-state index contributed by atoms with van der Waals surface area (Å²) in [6.45, 7) is 1.77. The maximum absolute atomic E-state index is 11.8. The molecule has 0 aromatic carbocycles. The number of carbonyl (C=O) groups is 1. The molecule has 0 fully saturated rings. The molecule has 2 aromatic heterocycles. The van der Waals surface area contributed by atoms with Gasteiger partial charge in [-0.3, -0.25) is 9.59 Å². The van der Waals surface area contributed by atoms with Crippen LogP contribution in [0.2, 0.25) is 0 Å². The van der Waals surface area contributed by atoms with Crippen molar-refractivity contribution < 1.29 is 14.4 Å². The second kappa shape index (κ2) is 6.16. The molecule has 2 rings (SSSR count). The van der Waals surface area contributed by atoms with Gasteiger partial charge in [-0.1, -0.05) is 11.2 Å². The van der Waals surface area contributed by atoms with Gasteiger partial charge >= 0.3 is 0 Å². The Balaban J connectivity index is 1.88. The van der Waals surface area contributed by atoms with Gasteiger partial charge in [-0.05, 0) is 13.0 Å². The lowest BCUT2D eigenvalue weighted by molar-refractivity contribution is 0.0901. The maximum Gasteiger partial charge on any atom is 0.256 e. The molecule has 7 nitrogen and oxygen atoms in total. The minimum Gasteiger partial charge on any atom is -0.389 e. The van der Waals surface area contributed by atoms with Gasteiger partial charge in [0.05, 0.1) is 18.8 Å². The molecule has 0 spiro atoms. The van der Waals surface area contributed by atoms with Gasteiger partial charge in [0.1, 0.15) is 11.3 Å². The van der Waals surface area contributed by atoms with Gasteiger partial charge in [0, 0.05) is 18.8 Å². The van der Waals surface area contributed by atoms with Crippen LogP contribution in [0.1, 0.15) is 16.1 Å². The van der Waals surface area contributed by atoms with E-state index < -0.39 is 6.10 Å². The van der Waals surface area contributed by atoms with Crippen LogP contribution in [-0.2, 0) is 6.54 Å². The van der Waals surface area contributed by atoms with Crippen molar-refractivity contribution in [2.24, 2.45) is 0 Å². The van der Waals surface area contributed by atoms with E-state index in [0.29, 0.717) is 11.3 Å². The van der Waals surface area contributed by atoms with Gasteiger partial charge in [-0.2, -0.15) is 0 Å². The van der Waals surface area contributed by atoms with Gasteiger partial charge < -0.3 is 19.5 Å². The number of nitrogens with one attached hydrogen (secondary N) is 1. The van der Waals surface area contributed by atoms with Crippen molar-refractivity contribution in [3.63, 3.8) is 0 Å². The molecule has 1 atom stereocenters. The quantitative estimate of drug-likeness (QED) is 0.797. The molecule has 0 aliphatic carbocycles. The van der Waals surface area contributed by atoms with E-state index in [0.717, 1.165) is 0 Å². The Morgan fingerprint density at radius 3 is 3.00 bits per heavy atom. The van der Waals surface area contributed by atoms with Crippen molar-refractivity contribution in [3.05, 3.63) is 52.3 Å². The minimum atomic E-state index is -0.862. The lowest BCUT2D eigenvalue weighted by Gasteiger charge is -2.13. The summed E-state index contributed by atoms with van der Waals surface area (Å²) in [7, 11) is 0. The Kier molecular flexibility index (Phi) is 4.31. The van der Waals surface area contributed by atoms with Crippen molar-refractivity contribution in [2.75, 3.05) is 6.54 Å². The van der Waals surface area contributed by atoms with Gasteiger partial charge in [0.25, 0.3) is 11.5 Å². The van der Waals surface area contributed by atoms with Crippen LogP contribution in [-0.4, -0.2) is 33.4 Å². The Morgan fingerprint density at radius 1 is 1.55 bits per heavy atom. The molecule has 2 aromatic rings. The third-order valence-electron chi connectivity index (χ3n) is 2.80. The van der Waals surface area contributed by atoms with Gasteiger partial charge in [-0.25, -0.2) is 0 Å². The molecule has 0 saturated heterocycles. The average molecular weight is 277 g/mol. The molecule has 0 radical (unpaired) electrons. The molecular formula is C13H15N3O4. The van der Waals surface area contributed by atoms with Gasteiger partial charge in [0.15, 0.2) is 0 Å². The first-order valence-corrected chi connectivity index (χ1v) is 6.11. The predicted molar refractivity (Wildman–Crippen MR) is 70.3 cm³/mol. The SMILES string of the molecule is Cc1oncc1C(=O)NCC(O)Cn1ccccc1=O. The number of aliphatic hydroxyl groups excluding tert-OH is 1. The number of rotatable bonds is 5. The molecule has 1 amide bonds. The van der Waals surface area contributed by atoms with Crippen molar-refractivity contribution in [2.45, 2.75) is 19.6 Å². The Morgan fingerprint density at radius 2 is 2.35 bits per heavy atom. The Bertz CT molecular complexity index is 647. The number of aliphatic hydroxyl groups is 1. The molecule has 2 heterocycles. The third-order valence-corrected chi connectivity index (χ3v) is 2.80. The smallest absolute Gasteiger partial charge is 0.256 e. The molecule has 0 bridgehead atoms. The van der Waals surface area contributed by atoms with E-state index >= 15 is 0 Å². The van der Waals surface area contributed by atoms with Crippen molar-refractivity contribution in [1.29, 1.82) is 0 Å². The van der Waals surface area contributed by atoms with E-state index in [1.54, 1.807) is 25.3 Å². The molecule has 2 N–H and O–H groups in total. The van der Waals surface area contributed by atoms with E-state index in [1.165, 1.54) is 16.8 Å². The van der Waals surface area contributed by atoms with E-state index in [4.69, 9.17) is 4.52 Å². The van der Waals surface area contributed by atoms with E-state index in [-0.39, 0.29) is 24.6 Å². The number of hydrogen-bond acceptors (Lipinski definition) is 5.